The zero-order chi connectivity index (χ0) is 14.2. The Morgan fingerprint density at radius 2 is 1.50 bits per heavy atom. The largest absolute Gasteiger partial charge is 0.497 e. The number of rotatable bonds is 7. The van der Waals surface area contributed by atoms with Gasteiger partial charge in [-0.2, -0.15) is 0 Å². The van der Waals surface area contributed by atoms with Gasteiger partial charge in [0.15, 0.2) is 0 Å². The first kappa shape index (κ1) is 14.5. The van der Waals surface area contributed by atoms with Crippen molar-refractivity contribution in [2.24, 2.45) is 0 Å². The Hall–Kier alpha value is -1.94. The zero-order valence-electron chi connectivity index (χ0n) is 11.2. The molecule has 106 valence electrons. The molecule has 0 aliphatic heterocycles. The lowest BCUT2D eigenvalue weighted by molar-refractivity contribution is 0.216. The number of hydrogen-bond donors (Lipinski definition) is 0. The molecule has 0 saturated carbocycles. The number of aromatic nitrogens is 1. The van der Waals surface area contributed by atoms with Gasteiger partial charge in [0.1, 0.15) is 30.5 Å². The van der Waals surface area contributed by atoms with Gasteiger partial charge in [-0.3, -0.25) is 4.98 Å². The van der Waals surface area contributed by atoms with Crippen LogP contribution < -0.4 is 14.2 Å². The minimum absolute atomic E-state index is 0.404. The van der Waals surface area contributed by atoms with Crippen LogP contribution in [0.4, 0.5) is 0 Å². The molecule has 0 saturated heterocycles. The lowest BCUT2D eigenvalue weighted by Gasteiger charge is -2.08. The van der Waals surface area contributed by atoms with Crippen LogP contribution in [0.15, 0.2) is 42.6 Å². The molecule has 2 aromatic rings. The maximum absolute atomic E-state index is 5.66. The van der Waals surface area contributed by atoms with Crippen molar-refractivity contribution in [1.29, 1.82) is 0 Å². The standard InChI is InChI=1S/C15H16ClNO3/c1-18-13-4-6-14(7-5-13)19-8-9-20-15-3-2-12(10-16)17-11-15/h2-7,11H,8-10H2,1H3. The summed E-state index contributed by atoms with van der Waals surface area (Å²) in [4.78, 5) is 4.14. The molecule has 0 N–H and O–H groups in total. The average Bonchev–Trinajstić information content (AvgIpc) is 2.53. The topological polar surface area (TPSA) is 40.6 Å². The second kappa shape index (κ2) is 7.60. The molecule has 0 amide bonds. The summed E-state index contributed by atoms with van der Waals surface area (Å²) >= 11 is 5.66. The Balaban J connectivity index is 1.72. The summed E-state index contributed by atoms with van der Waals surface area (Å²) in [6, 6.07) is 11.1. The summed E-state index contributed by atoms with van der Waals surface area (Å²) < 4.78 is 16.1. The summed E-state index contributed by atoms with van der Waals surface area (Å²) in [5, 5.41) is 0. The van der Waals surface area contributed by atoms with E-state index in [1.807, 2.05) is 36.4 Å². The second-order valence-electron chi connectivity index (χ2n) is 3.99. The molecule has 1 aromatic carbocycles. The molecule has 5 heteroatoms. The number of halogens is 1. The van der Waals surface area contributed by atoms with Crippen LogP contribution in [-0.2, 0) is 5.88 Å². The molecule has 0 aliphatic rings. The van der Waals surface area contributed by atoms with E-state index in [2.05, 4.69) is 4.98 Å². The van der Waals surface area contributed by atoms with Crippen LogP contribution in [0.1, 0.15) is 5.69 Å². The molecule has 2 rings (SSSR count). The number of pyridine rings is 1. The van der Waals surface area contributed by atoms with Gasteiger partial charge in [0.25, 0.3) is 0 Å². The van der Waals surface area contributed by atoms with Crippen LogP contribution in [0.25, 0.3) is 0 Å². The van der Waals surface area contributed by atoms with E-state index >= 15 is 0 Å². The monoisotopic (exact) mass is 293 g/mol. The fourth-order valence-corrected chi connectivity index (χ4v) is 1.72. The summed E-state index contributed by atoms with van der Waals surface area (Å²) in [6.45, 7) is 0.914. The van der Waals surface area contributed by atoms with Gasteiger partial charge in [-0.25, -0.2) is 0 Å². The lowest BCUT2D eigenvalue weighted by Crippen LogP contribution is -2.09. The van der Waals surface area contributed by atoms with Crippen LogP contribution in [0.3, 0.4) is 0 Å². The molecule has 1 aromatic heterocycles. The van der Waals surface area contributed by atoms with Crippen LogP contribution >= 0.6 is 11.6 Å². The van der Waals surface area contributed by atoms with E-state index in [-0.39, 0.29) is 0 Å². The van der Waals surface area contributed by atoms with Gasteiger partial charge >= 0.3 is 0 Å². The van der Waals surface area contributed by atoms with Crippen molar-refractivity contribution < 1.29 is 14.2 Å². The Labute approximate surface area is 123 Å². The van der Waals surface area contributed by atoms with Gasteiger partial charge in [-0.15, -0.1) is 11.6 Å². The molecule has 0 unspecified atom stereocenters. The van der Waals surface area contributed by atoms with Crippen molar-refractivity contribution in [3.8, 4) is 17.2 Å². The molecule has 0 atom stereocenters. The van der Waals surface area contributed by atoms with E-state index in [1.165, 1.54) is 0 Å². The maximum atomic E-state index is 5.66. The van der Waals surface area contributed by atoms with Crippen molar-refractivity contribution in [2.75, 3.05) is 20.3 Å². The number of benzene rings is 1. The number of ether oxygens (including phenoxy) is 3. The number of nitrogens with zero attached hydrogens (tertiary/aromatic N) is 1. The highest BCUT2D eigenvalue weighted by atomic mass is 35.5. The normalized spacial score (nSPS) is 10.1. The molecule has 0 fully saturated rings. The third kappa shape index (κ3) is 4.31. The minimum atomic E-state index is 0.404. The Bertz CT molecular complexity index is 464. The average molecular weight is 294 g/mol. The van der Waals surface area contributed by atoms with E-state index in [0.717, 1.165) is 17.2 Å². The molecule has 0 spiro atoms. The van der Waals surface area contributed by atoms with Crippen molar-refractivity contribution in [2.45, 2.75) is 5.88 Å². The first-order chi connectivity index (χ1) is 9.81. The highest BCUT2D eigenvalue weighted by molar-refractivity contribution is 6.16. The smallest absolute Gasteiger partial charge is 0.137 e. The molecule has 4 nitrogen and oxygen atoms in total. The van der Waals surface area contributed by atoms with E-state index < -0.39 is 0 Å². The van der Waals surface area contributed by atoms with E-state index in [0.29, 0.717) is 24.8 Å². The van der Waals surface area contributed by atoms with E-state index in [1.54, 1.807) is 13.3 Å². The van der Waals surface area contributed by atoms with Crippen LogP contribution in [-0.4, -0.2) is 25.3 Å². The fraction of sp³-hybridized carbons (Fsp3) is 0.267. The van der Waals surface area contributed by atoms with Crippen molar-refractivity contribution in [3.63, 3.8) is 0 Å². The minimum Gasteiger partial charge on any atom is -0.497 e. The molecular formula is C15H16ClNO3. The Kier molecular flexibility index (Phi) is 5.50. The first-order valence-corrected chi connectivity index (χ1v) is 6.76. The molecule has 20 heavy (non-hydrogen) atoms. The van der Waals surface area contributed by atoms with Crippen molar-refractivity contribution >= 4 is 11.6 Å². The molecular weight excluding hydrogens is 278 g/mol. The number of hydrogen-bond acceptors (Lipinski definition) is 4. The summed E-state index contributed by atoms with van der Waals surface area (Å²) in [5.74, 6) is 2.70. The van der Waals surface area contributed by atoms with Crippen molar-refractivity contribution in [1.82, 2.24) is 4.98 Å². The SMILES string of the molecule is COc1ccc(OCCOc2ccc(CCl)nc2)cc1. The molecule has 1 heterocycles. The third-order valence-electron chi connectivity index (χ3n) is 2.61. The highest BCUT2D eigenvalue weighted by Gasteiger charge is 1.98. The predicted octanol–water partition coefficient (Wildman–Crippen LogP) is 3.29. The summed E-state index contributed by atoms with van der Waals surface area (Å²) in [6.07, 6.45) is 1.66. The van der Waals surface area contributed by atoms with Crippen LogP contribution in [0.5, 0.6) is 17.2 Å². The van der Waals surface area contributed by atoms with Gasteiger partial charge in [0.2, 0.25) is 0 Å². The van der Waals surface area contributed by atoms with Gasteiger partial charge in [0.05, 0.1) is 24.9 Å². The van der Waals surface area contributed by atoms with Gasteiger partial charge < -0.3 is 14.2 Å². The van der Waals surface area contributed by atoms with E-state index in [9.17, 15) is 0 Å². The van der Waals surface area contributed by atoms with Gasteiger partial charge in [-0.05, 0) is 36.4 Å². The molecule has 0 aliphatic carbocycles. The number of methoxy groups -OCH3 is 1. The lowest BCUT2D eigenvalue weighted by atomic mass is 10.3. The highest BCUT2D eigenvalue weighted by Crippen LogP contribution is 2.17. The van der Waals surface area contributed by atoms with E-state index in [4.69, 9.17) is 25.8 Å². The Morgan fingerprint density at radius 1 is 0.900 bits per heavy atom. The van der Waals surface area contributed by atoms with Crippen LogP contribution in [0.2, 0.25) is 0 Å². The van der Waals surface area contributed by atoms with Gasteiger partial charge in [-0.1, -0.05) is 0 Å². The van der Waals surface area contributed by atoms with Gasteiger partial charge in [0, 0.05) is 0 Å². The Morgan fingerprint density at radius 3 is 2.05 bits per heavy atom. The molecule has 0 radical (unpaired) electrons. The second-order valence-corrected chi connectivity index (χ2v) is 4.26. The number of alkyl halides is 1. The summed E-state index contributed by atoms with van der Waals surface area (Å²) in [7, 11) is 1.63. The quantitative estimate of drug-likeness (QED) is 0.580. The zero-order valence-corrected chi connectivity index (χ0v) is 12.0. The third-order valence-corrected chi connectivity index (χ3v) is 2.89. The first-order valence-electron chi connectivity index (χ1n) is 6.22. The van der Waals surface area contributed by atoms with Crippen molar-refractivity contribution in [3.05, 3.63) is 48.3 Å². The van der Waals surface area contributed by atoms with Crippen LogP contribution in [0, 0.1) is 0 Å². The molecule has 0 bridgehead atoms. The summed E-state index contributed by atoms with van der Waals surface area (Å²) in [5.41, 5.74) is 0.827. The maximum Gasteiger partial charge on any atom is 0.137 e. The predicted molar refractivity (Wildman–Crippen MR) is 77.8 cm³/mol. The fourth-order valence-electron chi connectivity index (χ4n) is 1.57.